The summed E-state index contributed by atoms with van der Waals surface area (Å²) >= 11 is 0. The summed E-state index contributed by atoms with van der Waals surface area (Å²) in [6.45, 7) is 1.51. The van der Waals surface area contributed by atoms with Crippen molar-refractivity contribution >= 4 is 5.78 Å². The molecule has 0 spiro atoms. The van der Waals surface area contributed by atoms with Crippen molar-refractivity contribution in [1.29, 1.82) is 0 Å². The minimum absolute atomic E-state index is 0.857. The highest BCUT2D eigenvalue weighted by molar-refractivity contribution is 5.85. The monoisotopic (exact) mass is 178 g/mol. The third kappa shape index (κ3) is 2.25. The fraction of sp³-hybridized carbons (Fsp3) is 0.857. The van der Waals surface area contributed by atoms with Gasteiger partial charge in [0.1, 0.15) is 18.3 Å². The summed E-state index contributed by atoms with van der Waals surface area (Å²) in [5, 5.41) is 35.7. The van der Waals surface area contributed by atoms with E-state index in [4.69, 9.17) is 15.3 Å². The second kappa shape index (κ2) is 3.95. The van der Waals surface area contributed by atoms with Crippen molar-refractivity contribution in [2.24, 2.45) is 0 Å². The fourth-order valence-corrected chi connectivity index (χ4v) is 0.641. The number of hydrogen-bond donors (Lipinski definition) is 4. The summed E-state index contributed by atoms with van der Waals surface area (Å²) in [4.78, 5) is 10.7. The zero-order valence-corrected chi connectivity index (χ0v) is 7.06. The molecule has 5 heteroatoms. The lowest BCUT2D eigenvalue weighted by molar-refractivity contribution is -0.159. The molecule has 3 unspecified atom stereocenters. The van der Waals surface area contributed by atoms with Crippen LogP contribution in [0.3, 0.4) is 0 Å². The van der Waals surface area contributed by atoms with Crippen LogP contribution in [0, 0.1) is 0 Å². The van der Waals surface area contributed by atoms with E-state index in [1.54, 1.807) is 0 Å². The maximum absolute atomic E-state index is 10.7. The van der Waals surface area contributed by atoms with Crippen molar-refractivity contribution in [3.63, 3.8) is 0 Å². The second-order valence-corrected chi connectivity index (χ2v) is 2.93. The lowest BCUT2D eigenvalue weighted by Crippen LogP contribution is -2.52. The van der Waals surface area contributed by atoms with E-state index in [0.29, 0.717) is 0 Å². The van der Waals surface area contributed by atoms with Crippen LogP contribution in [0.4, 0.5) is 0 Å². The van der Waals surface area contributed by atoms with Crippen LogP contribution in [0.2, 0.25) is 0 Å². The number of carbonyl (C=O) groups is 1. The number of carbonyl (C=O) groups excluding carboxylic acids is 1. The van der Waals surface area contributed by atoms with E-state index in [1.165, 1.54) is 6.92 Å². The van der Waals surface area contributed by atoms with Crippen molar-refractivity contribution in [1.82, 2.24) is 0 Å². The summed E-state index contributed by atoms with van der Waals surface area (Å²) in [5.41, 5.74) is -1.92. The van der Waals surface area contributed by atoms with Crippen molar-refractivity contribution in [2.45, 2.75) is 31.7 Å². The van der Waals surface area contributed by atoms with Crippen LogP contribution < -0.4 is 0 Å². The van der Waals surface area contributed by atoms with E-state index in [1.807, 2.05) is 0 Å². The van der Waals surface area contributed by atoms with E-state index in [-0.39, 0.29) is 0 Å². The molecule has 0 amide bonds. The standard InChI is InChI=1S/C7H14O5/c1-4(9)7(2,12)6(11)5(10)3-8/h4,6,8-9,11-12H,3H2,1-2H3. The Hall–Kier alpha value is -0.490. The minimum atomic E-state index is -1.92. The van der Waals surface area contributed by atoms with Crippen LogP contribution in [-0.2, 0) is 4.79 Å². The Morgan fingerprint density at radius 3 is 2.17 bits per heavy atom. The largest absolute Gasteiger partial charge is 0.390 e. The fourth-order valence-electron chi connectivity index (χ4n) is 0.641. The zero-order valence-electron chi connectivity index (χ0n) is 7.06. The molecule has 0 heterocycles. The van der Waals surface area contributed by atoms with Crippen molar-refractivity contribution in [2.75, 3.05) is 6.61 Å². The third-order valence-electron chi connectivity index (χ3n) is 1.86. The lowest BCUT2D eigenvalue weighted by Gasteiger charge is -2.30. The predicted molar refractivity (Wildman–Crippen MR) is 40.4 cm³/mol. The number of hydrogen-bond acceptors (Lipinski definition) is 5. The Bertz CT molecular complexity index is 163. The molecule has 0 aromatic carbocycles. The Labute approximate surface area is 70.3 Å². The third-order valence-corrected chi connectivity index (χ3v) is 1.86. The van der Waals surface area contributed by atoms with Crippen molar-refractivity contribution in [3.8, 4) is 0 Å². The molecule has 3 atom stereocenters. The molecule has 0 bridgehead atoms. The van der Waals surface area contributed by atoms with E-state index in [0.717, 1.165) is 6.92 Å². The first-order valence-corrected chi connectivity index (χ1v) is 3.56. The van der Waals surface area contributed by atoms with E-state index in [9.17, 15) is 9.90 Å². The molecule has 0 aliphatic carbocycles. The molecule has 4 N–H and O–H groups in total. The highest BCUT2D eigenvalue weighted by atomic mass is 16.4. The van der Waals surface area contributed by atoms with Gasteiger partial charge in [0, 0.05) is 0 Å². The summed E-state index contributed by atoms with van der Waals surface area (Å²) in [5.74, 6) is -0.916. The zero-order chi connectivity index (χ0) is 9.94. The highest BCUT2D eigenvalue weighted by Crippen LogP contribution is 2.15. The number of ketones is 1. The molecular formula is C7H14O5. The van der Waals surface area contributed by atoms with Gasteiger partial charge < -0.3 is 20.4 Å². The molecule has 72 valence electrons. The maximum atomic E-state index is 10.7. The van der Waals surface area contributed by atoms with Gasteiger partial charge in [-0.05, 0) is 13.8 Å². The average Bonchev–Trinajstić information content (AvgIpc) is 2.01. The topological polar surface area (TPSA) is 98.0 Å². The number of rotatable bonds is 4. The number of Topliss-reactive ketones (excluding diaryl/α,β-unsaturated/α-hetero) is 1. The molecule has 0 saturated carbocycles. The van der Waals surface area contributed by atoms with Gasteiger partial charge in [0.05, 0.1) is 6.10 Å². The summed E-state index contributed by atoms with van der Waals surface area (Å²) in [7, 11) is 0. The summed E-state index contributed by atoms with van der Waals surface area (Å²) in [6, 6.07) is 0. The Kier molecular flexibility index (Phi) is 3.79. The number of aliphatic hydroxyl groups is 4. The van der Waals surface area contributed by atoms with Crippen LogP contribution >= 0.6 is 0 Å². The molecule has 5 nitrogen and oxygen atoms in total. The molecule has 0 fully saturated rings. The SMILES string of the molecule is CC(O)C(C)(O)C(O)C(=O)CO. The molecule has 0 rings (SSSR count). The van der Waals surface area contributed by atoms with Gasteiger partial charge in [-0.1, -0.05) is 0 Å². The Morgan fingerprint density at radius 2 is 1.92 bits per heavy atom. The predicted octanol–water partition coefficient (Wildman–Crippen LogP) is -1.96. The van der Waals surface area contributed by atoms with Gasteiger partial charge in [0.25, 0.3) is 0 Å². The highest BCUT2D eigenvalue weighted by Gasteiger charge is 2.39. The molecule has 0 aliphatic rings. The smallest absolute Gasteiger partial charge is 0.189 e. The van der Waals surface area contributed by atoms with Gasteiger partial charge in [0.2, 0.25) is 0 Å². The first-order chi connectivity index (χ1) is 5.34. The Balaban J connectivity index is 4.45. The van der Waals surface area contributed by atoms with Gasteiger partial charge >= 0.3 is 0 Å². The first-order valence-electron chi connectivity index (χ1n) is 3.56. The van der Waals surface area contributed by atoms with Crippen LogP contribution in [0.5, 0.6) is 0 Å². The minimum Gasteiger partial charge on any atom is -0.390 e. The van der Waals surface area contributed by atoms with Crippen LogP contribution in [0.15, 0.2) is 0 Å². The molecule has 12 heavy (non-hydrogen) atoms. The molecule has 0 saturated heterocycles. The molecule has 0 aromatic heterocycles. The number of aliphatic hydroxyl groups excluding tert-OH is 3. The van der Waals surface area contributed by atoms with E-state index in [2.05, 4.69) is 0 Å². The van der Waals surface area contributed by atoms with Crippen LogP contribution in [0.1, 0.15) is 13.8 Å². The first kappa shape index (κ1) is 11.5. The molecular weight excluding hydrogens is 164 g/mol. The quantitative estimate of drug-likeness (QED) is 0.401. The van der Waals surface area contributed by atoms with Crippen LogP contribution in [0.25, 0.3) is 0 Å². The van der Waals surface area contributed by atoms with Crippen molar-refractivity contribution < 1.29 is 25.2 Å². The van der Waals surface area contributed by atoms with Gasteiger partial charge in [-0.3, -0.25) is 4.79 Å². The van der Waals surface area contributed by atoms with Crippen molar-refractivity contribution in [3.05, 3.63) is 0 Å². The maximum Gasteiger partial charge on any atom is 0.189 e. The molecule has 0 radical (unpaired) electrons. The van der Waals surface area contributed by atoms with E-state index < -0.39 is 30.2 Å². The van der Waals surface area contributed by atoms with Gasteiger partial charge in [-0.15, -0.1) is 0 Å². The Morgan fingerprint density at radius 1 is 1.50 bits per heavy atom. The second-order valence-electron chi connectivity index (χ2n) is 2.93. The summed E-state index contributed by atoms with van der Waals surface area (Å²) < 4.78 is 0. The van der Waals surface area contributed by atoms with Gasteiger partial charge in [-0.25, -0.2) is 0 Å². The van der Waals surface area contributed by atoms with E-state index >= 15 is 0 Å². The molecule has 0 aromatic rings. The van der Waals surface area contributed by atoms with Crippen LogP contribution in [-0.4, -0.2) is 50.6 Å². The normalized spacial score (nSPS) is 21.2. The lowest BCUT2D eigenvalue weighted by atomic mass is 9.91. The van der Waals surface area contributed by atoms with Gasteiger partial charge in [-0.2, -0.15) is 0 Å². The average molecular weight is 178 g/mol. The van der Waals surface area contributed by atoms with Gasteiger partial charge in [0.15, 0.2) is 5.78 Å². The summed E-state index contributed by atoms with van der Waals surface area (Å²) in [6.07, 6.45) is -3.01. The molecule has 0 aliphatic heterocycles.